The molecule has 4 N–H and O–H groups in total. The number of ketones is 3. The highest BCUT2D eigenvalue weighted by Crippen LogP contribution is 2.54. The molecule has 0 radical (unpaired) electrons. The molecule has 58 heavy (non-hydrogen) atoms. The van der Waals surface area contributed by atoms with E-state index in [1.807, 2.05) is 19.0 Å². The van der Waals surface area contributed by atoms with Gasteiger partial charge in [0.05, 0.1) is 48.3 Å². The SMILES string of the molecule is CC[C@]1(O)C[C@@H](O[C@H]2C[C@@H](N(C)C)[C@@H](O[C@H]3C[C@@H](O)[C@@H](O[C@H]4CCC(=O)[C@@H](C)O4)[C@@H](C)O3)[C@@H](C)O2)c2c(cc3c(c2O)C(=O)c2c(O)cccc2C3=O)[C@@H]1C(=O)OC. The van der Waals surface area contributed by atoms with Crippen molar-refractivity contribution in [3.8, 4) is 11.5 Å². The summed E-state index contributed by atoms with van der Waals surface area (Å²) < 4.78 is 42.6. The molecule has 3 fully saturated rings. The number of aromatic hydroxyl groups is 2. The number of Topliss-reactive ketones (excluding diaryl/α,β-unsaturated/α-hetero) is 1. The molecule has 16 heteroatoms. The largest absolute Gasteiger partial charge is 0.507 e. The van der Waals surface area contributed by atoms with Gasteiger partial charge in [0.2, 0.25) is 5.78 Å². The van der Waals surface area contributed by atoms with E-state index in [4.69, 9.17) is 33.2 Å². The maximum atomic E-state index is 13.9. The van der Waals surface area contributed by atoms with E-state index in [2.05, 4.69) is 0 Å². The normalized spacial score (nSPS) is 36.3. The van der Waals surface area contributed by atoms with Crippen LogP contribution in [0.1, 0.15) is 121 Å². The Kier molecular flexibility index (Phi) is 11.9. The van der Waals surface area contributed by atoms with Crippen molar-refractivity contribution in [3.05, 3.63) is 57.6 Å². The van der Waals surface area contributed by atoms with Gasteiger partial charge in [-0.05, 0) is 59.0 Å². The fourth-order valence-corrected chi connectivity index (χ4v) is 9.27. The molecule has 3 aliphatic heterocycles. The molecule has 2 aromatic rings. The Bertz CT molecular complexity index is 1940. The number of rotatable bonds is 9. The number of carbonyl (C=O) groups excluding carboxylic acids is 4. The Morgan fingerprint density at radius 3 is 2.21 bits per heavy atom. The number of ether oxygens (including phenoxy) is 7. The second-order valence-corrected chi connectivity index (χ2v) is 16.3. The van der Waals surface area contributed by atoms with Crippen molar-refractivity contribution in [1.29, 1.82) is 0 Å². The van der Waals surface area contributed by atoms with Crippen molar-refractivity contribution in [1.82, 2.24) is 4.90 Å². The first-order valence-corrected chi connectivity index (χ1v) is 19.9. The van der Waals surface area contributed by atoms with Crippen LogP contribution in [0, 0.1) is 0 Å². The number of fused-ring (bicyclic) bond motifs is 3. The zero-order valence-electron chi connectivity index (χ0n) is 33.7. The van der Waals surface area contributed by atoms with Gasteiger partial charge in [0, 0.05) is 54.8 Å². The zero-order valence-corrected chi connectivity index (χ0v) is 33.7. The third-order valence-corrected chi connectivity index (χ3v) is 12.4. The van der Waals surface area contributed by atoms with Crippen LogP contribution in [0.4, 0.5) is 0 Å². The Morgan fingerprint density at radius 2 is 1.57 bits per heavy atom. The van der Waals surface area contributed by atoms with Crippen molar-refractivity contribution in [2.45, 2.75) is 145 Å². The second-order valence-electron chi connectivity index (χ2n) is 16.3. The number of nitrogens with zero attached hydrogens (tertiary/aromatic N) is 1. The molecule has 5 aliphatic rings. The Morgan fingerprint density at radius 1 is 0.897 bits per heavy atom. The fourth-order valence-electron chi connectivity index (χ4n) is 9.27. The number of phenols is 2. The molecular weight excluding hydrogens is 758 g/mol. The molecule has 13 atom stereocenters. The average Bonchev–Trinajstić information content (AvgIpc) is 3.17. The van der Waals surface area contributed by atoms with Crippen LogP contribution >= 0.6 is 0 Å². The molecule has 0 aromatic heterocycles. The number of hydrogen-bond donors (Lipinski definition) is 4. The van der Waals surface area contributed by atoms with E-state index in [0.717, 1.165) is 0 Å². The van der Waals surface area contributed by atoms with Gasteiger partial charge in [-0.1, -0.05) is 19.1 Å². The predicted octanol–water partition coefficient (Wildman–Crippen LogP) is 3.16. The molecule has 2 aromatic carbocycles. The second kappa shape index (κ2) is 16.3. The van der Waals surface area contributed by atoms with Crippen molar-refractivity contribution in [3.63, 3.8) is 0 Å². The summed E-state index contributed by atoms with van der Waals surface area (Å²) in [5, 5.41) is 45.9. The standard InChI is InChI=1S/C42H53NO15/c1-8-42(51)17-28(33-22(35(42)41(50)52-7)14-23-34(38(33)49)37(48)32-21(36(23)47)10-9-11-26(32)45)56-30-15-24(43(5)6)39(19(3)54-30)58-31-16-27(46)40(20(4)55-31)57-29-13-12-25(44)18(2)53-29/h9-11,14,18-20,24,27-31,35,39-40,45-46,49,51H,8,12-13,15-17H2,1-7H3/t18-,19-,20-,24-,27-,28-,29+,30+,31+,35-,39+,40+,42+/m1/s1. The van der Waals surface area contributed by atoms with Crippen LogP contribution in [0.25, 0.3) is 0 Å². The van der Waals surface area contributed by atoms with Gasteiger partial charge in [0.1, 0.15) is 35.7 Å². The molecule has 3 saturated heterocycles. The Balaban J connectivity index is 1.13. The Labute approximate surface area is 336 Å². The van der Waals surface area contributed by atoms with Crippen LogP contribution in [-0.2, 0) is 42.7 Å². The summed E-state index contributed by atoms with van der Waals surface area (Å²) in [5.41, 5.74) is -2.49. The van der Waals surface area contributed by atoms with E-state index in [9.17, 15) is 39.6 Å². The van der Waals surface area contributed by atoms with Crippen molar-refractivity contribution in [2.24, 2.45) is 0 Å². The van der Waals surface area contributed by atoms with E-state index in [0.29, 0.717) is 12.8 Å². The first-order chi connectivity index (χ1) is 27.5. The summed E-state index contributed by atoms with van der Waals surface area (Å²) in [7, 11) is 4.91. The van der Waals surface area contributed by atoms with E-state index in [1.54, 1.807) is 27.7 Å². The van der Waals surface area contributed by atoms with E-state index in [-0.39, 0.29) is 70.9 Å². The summed E-state index contributed by atoms with van der Waals surface area (Å²) >= 11 is 0. The lowest BCUT2D eigenvalue weighted by Crippen LogP contribution is -2.58. The molecule has 0 saturated carbocycles. The van der Waals surface area contributed by atoms with Crippen molar-refractivity contribution < 1.29 is 72.8 Å². The lowest BCUT2D eigenvalue weighted by Gasteiger charge is -2.48. The molecule has 0 amide bonds. The van der Waals surface area contributed by atoms with Crippen LogP contribution in [0.5, 0.6) is 11.5 Å². The van der Waals surface area contributed by atoms with Gasteiger partial charge in [-0.2, -0.15) is 0 Å². The third kappa shape index (κ3) is 7.47. The summed E-state index contributed by atoms with van der Waals surface area (Å²) in [6.07, 6.45) is -6.64. The number of likely N-dealkylation sites (N-methyl/N-ethyl adjacent to an activating group) is 1. The maximum absolute atomic E-state index is 13.9. The van der Waals surface area contributed by atoms with Gasteiger partial charge in [-0.3, -0.25) is 19.2 Å². The summed E-state index contributed by atoms with van der Waals surface area (Å²) in [6, 6.07) is 5.11. The number of aliphatic hydroxyl groups excluding tert-OH is 1. The van der Waals surface area contributed by atoms with E-state index >= 15 is 0 Å². The molecule has 3 heterocycles. The number of esters is 1. The van der Waals surface area contributed by atoms with E-state index < -0.39 is 102 Å². The molecular formula is C42H53NO15. The average molecular weight is 812 g/mol. The first kappa shape index (κ1) is 42.3. The predicted molar refractivity (Wildman–Crippen MR) is 201 cm³/mol. The van der Waals surface area contributed by atoms with Crippen LogP contribution in [0.3, 0.4) is 0 Å². The summed E-state index contributed by atoms with van der Waals surface area (Å²) in [6.45, 7) is 6.95. The third-order valence-electron chi connectivity index (χ3n) is 12.4. The van der Waals surface area contributed by atoms with Gasteiger partial charge in [-0.15, -0.1) is 0 Å². The lowest BCUT2D eigenvalue weighted by molar-refractivity contribution is -0.324. The van der Waals surface area contributed by atoms with Crippen LogP contribution in [-0.4, -0.2) is 137 Å². The van der Waals surface area contributed by atoms with Crippen molar-refractivity contribution in [2.75, 3.05) is 21.2 Å². The minimum absolute atomic E-state index is 0.00573. The van der Waals surface area contributed by atoms with Gasteiger partial charge in [-0.25, -0.2) is 0 Å². The minimum atomic E-state index is -1.76. The molecule has 0 bridgehead atoms. The summed E-state index contributed by atoms with van der Waals surface area (Å²) in [5.74, 6) is -4.59. The van der Waals surface area contributed by atoms with Gasteiger partial charge < -0.3 is 58.5 Å². The number of aliphatic hydroxyl groups is 2. The topological polar surface area (TPSA) is 217 Å². The molecule has 0 unspecified atom stereocenters. The highest BCUT2D eigenvalue weighted by Gasteiger charge is 2.53. The van der Waals surface area contributed by atoms with Crippen LogP contribution < -0.4 is 0 Å². The number of methoxy groups -OCH3 is 1. The molecule has 16 nitrogen and oxygen atoms in total. The molecule has 0 spiro atoms. The fraction of sp³-hybridized carbons (Fsp3) is 0.619. The lowest BCUT2D eigenvalue weighted by atomic mass is 9.67. The number of phenolic OH excluding ortho intramolecular Hbond substituents is 2. The zero-order chi connectivity index (χ0) is 42.0. The quantitative estimate of drug-likeness (QED) is 0.228. The monoisotopic (exact) mass is 811 g/mol. The minimum Gasteiger partial charge on any atom is -0.507 e. The number of benzene rings is 2. The highest BCUT2D eigenvalue weighted by molar-refractivity contribution is 6.30. The van der Waals surface area contributed by atoms with Gasteiger partial charge >= 0.3 is 5.97 Å². The maximum Gasteiger partial charge on any atom is 0.316 e. The molecule has 316 valence electrons. The van der Waals surface area contributed by atoms with E-state index in [1.165, 1.54) is 31.4 Å². The Hall–Kier alpha value is -3.84. The number of hydrogen-bond acceptors (Lipinski definition) is 16. The molecule has 7 rings (SSSR count). The van der Waals surface area contributed by atoms with Gasteiger partial charge in [0.25, 0.3) is 0 Å². The van der Waals surface area contributed by atoms with Crippen LogP contribution in [0.15, 0.2) is 24.3 Å². The van der Waals surface area contributed by atoms with Crippen molar-refractivity contribution >= 4 is 23.3 Å². The summed E-state index contributed by atoms with van der Waals surface area (Å²) in [4.78, 5) is 55.0. The first-order valence-electron chi connectivity index (χ1n) is 19.9. The smallest absolute Gasteiger partial charge is 0.316 e. The molecule has 2 aliphatic carbocycles. The van der Waals surface area contributed by atoms with Crippen LogP contribution in [0.2, 0.25) is 0 Å². The van der Waals surface area contributed by atoms with Gasteiger partial charge in [0.15, 0.2) is 30.4 Å². The number of carbonyl (C=O) groups is 4. The highest BCUT2D eigenvalue weighted by atomic mass is 16.7.